The summed E-state index contributed by atoms with van der Waals surface area (Å²) < 4.78 is 0. The van der Waals surface area contributed by atoms with Crippen molar-refractivity contribution < 1.29 is 0 Å². The van der Waals surface area contributed by atoms with Crippen LogP contribution < -0.4 is 0 Å². The third kappa shape index (κ3) is 5.44. The number of piperazine rings is 1. The second-order valence-corrected chi connectivity index (χ2v) is 8.91. The van der Waals surface area contributed by atoms with Crippen LogP contribution in [0, 0.1) is 23.2 Å². The SMILES string of the molecule is CC(C)CN1CCN(C(=N)c2ccccc2)/C(=C/C(C)C2CCCCC2)C1. The summed E-state index contributed by atoms with van der Waals surface area (Å²) in [5.41, 5.74) is 2.36. The van der Waals surface area contributed by atoms with Crippen LogP contribution in [0.15, 0.2) is 42.1 Å². The molecule has 0 amide bonds. The van der Waals surface area contributed by atoms with E-state index in [1.54, 1.807) is 0 Å². The normalized spacial score (nSPS) is 22.4. The number of allylic oxidation sites excluding steroid dienone is 1. The highest BCUT2D eigenvalue weighted by atomic mass is 15.3. The predicted molar refractivity (Wildman–Crippen MR) is 115 cm³/mol. The lowest BCUT2D eigenvalue weighted by Crippen LogP contribution is -2.48. The molecule has 1 N–H and O–H groups in total. The molecule has 0 radical (unpaired) electrons. The van der Waals surface area contributed by atoms with Crippen molar-refractivity contribution in [3.05, 3.63) is 47.7 Å². The van der Waals surface area contributed by atoms with Crippen molar-refractivity contribution in [1.82, 2.24) is 9.80 Å². The van der Waals surface area contributed by atoms with Gasteiger partial charge in [-0.25, -0.2) is 0 Å². The zero-order chi connectivity index (χ0) is 19.2. The Labute approximate surface area is 166 Å². The zero-order valence-electron chi connectivity index (χ0n) is 17.5. The fourth-order valence-corrected chi connectivity index (χ4v) is 4.70. The molecule has 1 aliphatic carbocycles. The van der Waals surface area contributed by atoms with Gasteiger partial charge in [0.1, 0.15) is 5.84 Å². The fraction of sp³-hybridized carbons (Fsp3) is 0.625. The molecule has 3 nitrogen and oxygen atoms in total. The molecular weight excluding hydrogens is 330 g/mol. The topological polar surface area (TPSA) is 30.3 Å². The van der Waals surface area contributed by atoms with Gasteiger partial charge in [-0.05, 0) is 30.6 Å². The molecule has 3 heteroatoms. The quantitative estimate of drug-likeness (QED) is 0.559. The van der Waals surface area contributed by atoms with E-state index >= 15 is 0 Å². The van der Waals surface area contributed by atoms with Gasteiger partial charge in [-0.1, -0.05) is 76.4 Å². The van der Waals surface area contributed by atoms with Crippen LogP contribution in [0.4, 0.5) is 0 Å². The first kappa shape index (κ1) is 20.1. The molecule has 1 atom stereocenters. The molecule has 1 unspecified atom stereocenters. The zero-order valence-corrected chi connectivity index (χ0v) is 17.5. The van der Waals surface area contributed by atoms with Crippen LogP contribution in [0.3, 0.4) is 0 Å². The Balaban J connectivity index is 1.79. The van der Waals surface area contributed by atoms with E-state index in [0.29, 0.717) is 17.7 Å². The van der Waals surface area contributed by atoms with Crippen LogP contribution in [0.1, 0.15) is 58.4 Å². The molecule has 0 bridgehead atoms. The summed E-state index contributed by atoms with van der Waals surface area (Å²) in [4.78, 5) is 4.84. The lowest BCUT2D eigenvalue weighted by molar-refractivity contribution is 0.197. The first-order chi connectivity index (χ1) is 13.0. The van der Waals surface area contributed by atoms with Gasteiger partial charge in [-0.3, -0.25) is 10.3 Å². The van der Waals surface area contributed by atoms with Gasteiger partial charge in [0.25, 0.3) is 0 Å². The molecule has 27 heavy (non-hydrogen) atoms. The maximum Gasteiger partial charge on any atom is 0.132 e. The Morgan fingerprint density at radius 2 is 1.78 bits per heavy atom. The molecule has 2 aliphatic rings. The van der Waals surface area contributed by atoms with Gasteiger partial charge in [-0.15, -0.1) is 0 Å². The molecule has 0 aromatic heterocycles. The van der Waals surface area contributed by atoms with Crippen molar-refractivity contribution in [1.29, 1.82) is 5.41 Å². The van der Waals surface area contributed by atoms with E-state index in [9.17, 15) is 0 Å². The van der Waals surface area contributed by atoms with Crippen molar-refractivity contribution >= 4 is 5.84 Å². The van der Waals surface area contributed by atoms with Crippen LogP contribution >= 0.6 is 0 Å². The number of nitrogens with zero attached hydrogens (tertiary/aromatic N) is 2. The molecule has 148 valence electrons. The van der Waals surface area contributed by atoms with E-state index in [2.05, 4.69) is 48.8 Å². The second-order valence-electron chi connectivity index (χ2n) is 8.91. The molecule has 2 fully saturated rings. The number of hydrogen-bond donors (Lipinski definition) is 1. The summed E-state index contributed by atoms with van der Waals surface area (Å²) in [7, 11) is 0. The molecule has 1 heterocycles. The van der Waals surface area contributed by atoms with Gasteiger partial charge in [-0.2, -0.15) is 0 Å². The third-order valence-corrected chi connectivity index (χ3v) is 6.16. The average Bonchev–Trinajstić information content (AvgIpc) is 2.68. The summed E-state index contributed by atoms with van der Waals surface area (Å²) in [6.45, 7) is 11.1. The number of amidine groups is 1. The molecule has 3 rings (SSSR count). The summed E-state index contributed by atoms with van der Waals surface area (Å²) in [5.74, 6) is 2.76. The smallest absolute Gasteiger partial charge is 0.132 e. The Morgan fingerprint density at radius 3 is 2.44 bits per heavy atom. The van der Waals surface area contributed by atoms with Gasteiger partial charge >= 0.3 is 0 Å². The monoisotopic (exact) mass is 367 g/mol. The largest absolute Gasteiger partial charge is 0.328 e. The van der Waals surface area contributed by atoms with Crippen LogP contribution in [0.2, 0.25) is 0 Å². The maximum absolute atomic E-state index is 8.82. The Morgan fingerprint density at radius 1 is 1.07 bits per heavy atom. The van der Waals surface area contributed by atoms with Crippen molar-refractivity contribution in [3.63, 3.8) is 0 Å². The molecular formula is C24H37N3. The van der Waals surface area contributed by atoms with Crippen LogP contribution in [-0.2, 0) is 0 Å². The Kier molecular flexibility index (Phi) is 7.12. The maximum atomic E-state index is 8.82. The molecule has 1 aromatic rings. The Hall–Kier alpha value is -1.61. The Bertz CT molecular complexity index is 628. The predicted octanol–water partition coefficient (Wildman–Crippen LogP) is 5.39. The lowest BCUT2D eigenvalue weighted by atomic mass is 9.80. The summed E-state index contributed by atoms with van der Waals surface area (Å²) in [5, 5.41) is 8.82. The second kappa shape index (κ2) is 9.54. The van der Waals surface area contributed by atoms with Gasteiger partial charge in [0.15, 0.2) is 0 Å². The van der Waals surface area contributed by atoms with E-state index in [1.807, 2.05) is 18.2 Å². The van der Waals surface area contributed by atoms with Crippen LogP contribution in [0.5, 0.6) is 0 Å². The minimum Gasteiger partial charge on any atom is -0.328 e. The van der Waals surface area contributed by atoms with Crippen molar-refractivity contribution in [2.75, 3.05) is 26.2 Å². The van der Waals surface area contributed by atoms with E-state index in [-0.39, 0.29) is 0 Å². The van der Waals surface area contributed by atoms with Crippen LogP contribution in [-0.4, -0.2) is 41.8 Å². The minimum absolute atomic E-state index is 0.602. The standard InChI is InChI=1S/C24H37N3/c1-19(2)17-26-14-15-27(24(25)22-12-8-5-9-13-22)23(18-26)16-20(3)21-10-6-4-7-11-21/h5,8-9,12-13,16,19-21,25H,4,6-7,10-11,14-15,17-18H2,1-3H3/b23-16+,25-24?. The van der Waals surface area contributed by atoms with Gasteiger partial charge in [0, 0.05) is 37.4 Å². The molecule has 1 saturated carbocycles. The number of nitrogens with one attached hydrogen (secondary N) is 1. The fourth-order valence-electron chi connectivity index (χ4n) is 4.70. The van der Waals surface area contributed by atoms with Crippen molar-refractivity contribution in [3.8, 4) is 0 Å². The lowest BCUT2D eigenvalue weighted by Gasteiger charge is -2.40. The van der Waals surface area contributed by atoms with Crippen molar-refractivity contribution in [2.24, 2.45) is 17.8 Å². The molecule has 1 saturated heterocycles. The van der Waals surface area contributed by atoms with Gasteiger partial charge in [0.2, 0.25) is 0 Å². The summed E-state index contributed by atoms with van der Waals surface area (Å²) in [6.07, 6.45) is 9.43. The van der Waals surface area contributed by atoms with E-state index in [0.717, 1.165) is 37.7 Å². The molecule has 1 aromatic carbocycles. The highest BCUT2D eigenvalue weighted by Gasteiger charge is 2.27. The van der Waals surface area contributed by atoms with Crippen molar-refractivity contribution in [2.45, 2.75) is 52.9 Å². The van der Waals surface area contributed by atoms with Crippen LogP contribution in [0.25, 0.3) is 0 Å². The summed E-state index contributed by atoms with van der Waals surface area (Å²) in [6, 6.07) is 10.2. The molecule has 0 spiro atoms. The summed E-state index contributed by atoms with van der Waals surface area (Å²) >= 11 is 0. The van der Waals surface area contributed by atoms with Gasteiger partial charge < -0.3 is 4.90 Å². The van der Waals surface area contributed by atoms with E-state index < -0.39 is 0 Å². The average molecular weight is 368 g/mol. The highest BCUT2D eigenvalue weighted by molar-refractivity contribution is 5.97. The first-order valence-electron chi connectivity index (χ1n) is 10.9. The number of rotatable bonds is 5. The number of benzene rings is 1. The first-order valence-corrected chi connectivity index (χ1v) is 10.9. The minimum atomic E-state index is 0.602. The van der Waals surface area contributed by atoms with Gasteiger partial charge in [0.05, 0.1) is 0 Å². The third-order valence-electron chi connectivity index (χ3n) is 6.16. The highest BCUT2D eigenvalue weighted by Crippen LogP contribution is 2.32. The number of hydrogen-bond acceptors (Lipinski definition) is 2. The van der Waals surface area contributed by atoms with E-state index in [1.165, 1.54) is 37.8 Å². The molecule has 1 aliphatic heterocycles. The van der Waals surface area contributed by atoms with E-state index in [4.69, 9.17) is 5.41 Å².